The fraction of sp³-hybridized carbons (Fsp3) is 0.467. The molecule has 3 rings (SSSR count). The lowest BCUT2D eigenvalue weighted by Crippen LogP contribution is -2.21. The summed E-state index contributed by atoms with van der Waals surface area (Å²) in [5.74, 6) is 0.697. The van der Waals surface area contributed by atoms with Crippen LogP contribution in [0.2, 0.25) is 0 Å². The normalized spacial score (nSPS) is 18.4. The second-order valence-electron chi connectivity index (χ2n) is 5.05. The zero-order valence-electron chi connectivity index (χ0n) is 11.7. The molecule has 0 saturated heterocycles. The van der Waals surface area contributed by atoms with Gasteiger partial charge in [-0.1, -0.05) is 13.3 Å². The molecule has 0 aliphatic heterocycles. The minimum Gasteiger partial charge on any atom is -0.310 e. The number of hydrogen-bond donors (Lipinski definition) is 1. The molecule has 1 unspecified atom stereocenters. The molecule has 2 aromatic rings. The summed E-state index contributed by atoms with van der Waals surface area (Å²) in [5, 5.41) is 3.53. The van der Waals surface area contributed by atoms with Crippen LogP contribution in [0, 0.1) is 0 Å². The summed E-state index contributed by atoms with van der Waals surface area (Å²) < 4.78 is 0. The van der Waals surface area contributed by atoms with E-state index in [0.29, 0.717) is 11.9 Å². The molecule has 1 aliphatic rings. The molecule has 104 valence electrons. The number of hydrogen-bond acceptors (Lipinski definition) is 5. The minimum atomic E-state index is 0.386. The number of aryl methyl sites for hydroxylation is 1. The van der Waals surface area contributed by atoms with Gasteiger partial charge in [-0.25, -0.2) is 19.9 Å². The minimum absolute atomic E-state index is 0.386. The Labute approximate surface area is 118 Å². The summed E-state index contributed by atoms with van der Waals surface area (Å²) in [6.45, 7) is 3.11. The van der Waals surface area contributed by atoms with Gasteiger partial charge in [0.2, 0.25) is 0 Å². The first-order valence-corrected chi connectivity index (χ1v) is 7.24. The van der Waals surface area contributed by atoms with E-state index >= 15 is 0 Å². The quantitative estimate of drug-likeness (QED) is 0.866. The van der Waals surface area contributed by atoms with Crippen LogP contribution in [-0.4, -0.2) is 26.5 Å². The van der Waals surface area contributed by atoms with E-state index in [9.17, 15) is 0 Å². The van der Waals surface area contributed by atoms with Gasteiger partial charge < -0.3 is 5.32 Å². The molecule has 0 fully saturated rings. The molecule has 1 N–H and O–H groups in total. The second-order valence-corrected chi connectivity index (χ2v) is 5.05. The first kappa shape index (κ1) is 13.1. The number of nitrogens with zero attached hydrogens (tertiary/aromatic N) is 4. The van der Waals surface area contributed by atoms with Gasteiger partial charge in [-0.05, 0) is 31.9 Å². The average molecular weight is 269 g/mol. The Kier molecular flexibility index (Phi) is 3.97. The lowest BCUT2D eigenvalue weighted by molar-refractivity contribution is 0.502. The van der Waals surface area contributed by atoms with Gasteiger partial charge in [0, 0.05) is 29.7 Å². The molecule has 2 heterocycles. The third-order valence-corrected chi connectivity index (χ3v) is 3.69. The molecule has 5 nitrogen and oxygen atoms in total. The maximum atomic E-state index is 4.73. The fourth-order valence-corrected chi connectivity index (χ4v) is 2.72. The van der Waals surface area contributed by atoms with Gasteiger partial charge in [-0.15, -0.1) is 0 Å². The van der Waals surface area contributed by atoms with Crippen LogP contribution in [-0.2, 0) is 6.42 Å². The maximum Gasteiger partial charge on any atom is 0.178 e. The van der Waals surface area contributed by atoms with E-state index < -0.39 is 0 Å². The van der Waals surface area contributed by atoms with Crippen LogP contribution in [0.15, 0.2) is 24.8 Å². The van der Waals surface area contributed by atoms with Gasteiger partial charge in [-0.3, -0.25) is 0 Å². The topological polar surface area (TPSA) is 63.6 Å². The van der Waals surface area contributed by atoms with Crippen molar-refractivity contribution in [1.82, 2.24) is 25.3 Å². The van der Waals surface area contributed by atoms with Crippen LogP contribution in [0.3, 0.4) is 0 Å². The largest absolute Gasteiger partial charge is 0.310 e. The fourth-order valence-electron chi connectivity index (χ4n) is 2.72. The van der Waals surface area contributed by atoms with Gasteiger partial charge >= 0.3 is 0 Å². The van der Waals surface area contributed by atoms with Crippen LogP contribution in [0.5, 0.6) is 0 Å². The molecule has 2 aromatic heterocycles. The van der Waals surface area contributed by atoms with Crippen LogP contribution in [0.4, 0.5) is 0 Å². The smallest absolute Gasteiger partial charge is 0.178 e. The first-order valence-electron chi connectivity index (χ1n) is 7.24. The van der Waals surface area contributed by atoms with Crippen molar-refractivity contribution in [3.63, 3.8) is 0 Å². The predicted molar refractivity (Wildman–Crippen MR) is 77.0 cm³/mol. The zero-order chi connectivity index (χ0) is 13.8. The van der Waals surface area contributed by atoms with E-state index in [4.69, 9.17) is 4.98 Å². The number of fused-ring (bicyclic) bond motifs is 1. The van der Waals surface area contributed by atoms with Gasteiger partial charge in [0.05, 0.1) is 0 Å². The molecule has 0 radical (unpaired) electrons. The summed E-state index contributed by atoms with van der Waals surface area (Å²) in [6, 6.07) is 2.23. The molecule has 5 heteroatoms. The second kappa shape index (κ2) is 6.05. The Morgan fingerprint density at radius 1 is 1.30 bits per heavy atom. The summed E-state index contributed by atoms with van der Waals surface area (Å²) >= 11 is 0. The summed E-state index contributed by atoms with van der Waals surface area (Å²) in [6.07, 6.45) is 9.84. The Bertz CT molecular complexity index is 570. The first-order chi connectivity index (χ1) is 9.88. The van der Waals surface area contributed by atoms with Crippen LogP contribution in [0.1, 0.15) is 43.5 Å². The molecule has 1 atom stereocenters. The van der Waals surface area contributed by atoms with Crippen molar-refractivity contribution >= 4 is 0 Å². The monoisotopic (exact) mass is 269 g/mol. The maximum absolute atomic E-state index is 4.73. The van der Waals surface area contributed by atoms with Crippen molar-refractivity contribution in [3.05, 3.63) is 36.0 Å². The highest BCUT2D eigenvalue weighted by molar-refractivity contribution is 5.48. The number of nitrogens with one attached hydrogen (secondary N) is 1. The third-order valence-electron chi connectivity index (χ3n) is 3.69. The lowest BCUT2D eigenvalue weighted by atomic mass is 10.0. The highest BCUT2D eigenvalue weighted by Crippen LogP contribution is 2.28. The molecule has 0 saturated carbocycles. The molecular formula is C15H19N5. The molecule has 0 spiro atoms. The Morgan fingerprint density at radius 2 is 2.25 bits per heavy atom. The van der Waals surface area contributed by atoms with Gasteiger partial charge in [0.1, 0.15) is 12.0 Å². The van der Waals surface area contributed by atoms with Crippen molar-refractivity contribution < 1.29 is 0 Å². The van der Waals surface area contributed by atoms with Gasteiger partial charge in [-0.2, -0.15) is 0 Å². The highest BCUT2D eigenvalue weighted by atomic mass is 15.0. The third kappa shape index (κ3) is 2.67. The van der Waals surface area contributed by atoms with Crippen molar-refractivity contribution in [2.45, 2.75) is 38.6 Å². The highest BCUT2D eigenvalue weighted by Gasteiger charge is 2.20. The van der Waals surface area contributed by atoms with Gasteiger partial charge in [0.25, 0.3) is 0 Å². The number of aromatic nitrogens is 4. The van der Waals surface area contributed by atoms with Crippen molar-refractivity contribution in [2.75, 3.05) is 6.54 Å². The lowest BCUT2D eigenvalue weighted by Gasteiger charge is -2.17. The predicted octanol–water partition coefficient (Wildman–Crippen LogP) is 2.31. The van der Waals surface area contributed by atoms with E-state index in [1.165, 1.54) is 24.7 Å². The van der Waals surface area contributed by atoms with E-state index in [1.54, 1.807) is 6.20 Å². The van der Waals surface area contributed by atoms with E-state index in [-0.39, 0.29) is 0 Å². The Balaban J connectivity index is 1.97. The number of rotatable bonds is 3. The average Bonchev–Trinajstić information content (AvgIpc) is 2.71. The Hall–Kier alpha value is -1.88. The molecule has 20 heavy (non-hydrogen) atoms. The molecule has 1 aliphatic carbocycles. The van der Waals surface area contributed by atoms with Crippen LogP contribution < -0.4 is 5.32 Å². The zero-order valence-corrected chi connectivity index (χ0v) is 11.7. The van der Waals surface area contributed by atoms with Crippen molar-refractivity contribution in [3.8, 4) is 11.5 Å². The van der Waals surface area contributed by atoms with Crippen LogP contribution >= 0.6 is 0 Å². The van der Waals surface area contributed by atoms with E-state index in [0.717, 1.165) is 30.8 Å². The van der Waals surface area contributed by atoms with Crippen molar-refractivity contribution in [2.24, 2.45) is 0 Å². The summed E-state index contributed by atoms with van der Waals surface area (Å²) in [7, 11) is 0. The summed E-state index contributed by atoms with van der Waals surface area (Å²) in [5.41, 5.74) is 3.20. The van der Waals surface area contributed by atoms with Crippen molar-refractivity contribution in [1.29, 1.82) is 0 Å². The molecular weight excluding hydrogens is 250 g/mol. The van der Waals surface area contributed by atoms with E-state index in [1.807, 2.05) is 12.3 Å². The molecule has 0 bridgehead atoms. The summed E-state index contributed by atoms with van der Waals surface area (Å²) in [4.78, 5) is 17.4. The molecule has 0 amide bonds. The Morgan fingerprint density at radius 3 is 3.05 bits per heavy atom. The van der Waals surface area contributed by atoms with Crippen LogP contribution in [0.25, 0.3) is 11.5 Å². The molecule has 0 aromatic carbocycles. The van der Waals surface area contributed by atoms with E-state index in [2.05, 4.69) is 27.2 Å². The standard InChI is InChI=1S/C15H19N5/c1-2-17-12-5-3-4-6-13-11(12)9-18-15(20-13)14-7-8-16-10-19-14/h7-10,12,17H,2-6H2,1H3. The SMILES string of the molecule is CCNC1CCCCc2nc(-c3ccncn3)ncc21. The van der Waals surface area contributed by atoms with Gasteiger partial charge in [0.15, 0.2) is 5.82 Å².